The molecule has 0 amide bonds. The molecule has 0 radical (unpaired) electrons. The summed E-state index contributed by atoms with van der Waals surface area (Å²) in [6, 6.07) is 4.84. The molecule has 0 fully saturated rings. The Balaban J connectivity index is 2.99. The molecular weight excluding hydrogens is 264 g/mol. The van der Waals surface area contributed by atoms with Crippen LogP contribution in [0.15, 0.2) is 24.3 Å². The lowest BCUT2D eigenvalue weighted by atomic mass is 9.86. The molecule has 0 aromatic heterocycles. The monoisotopic (exact) mass is 278 g/mol. The number of ketones is 1. The molecule has 0 aliphatic carbocycles. The average molecular weight is 278 g/mol. The Morgan fingerprint density at radius 1 is 1.21 bits per heavy atom. The summed E-state index contributed by atoms with van der Waals surface area (Å²) in [5.74, 6) is -0.765. The van der Waals surface area contributed by atoms with E-state index in [4.69, 9.17) is 0 Å². The summed E-state index contributed by atoms with van der Waals surface area (Å²) >= 11 is 0. The Labute approximate surface area is 108 Å². The Hall–Kier alpha value is -1.59. The van der Waals surface area contributed by atoms with Gasteiger partial charge in [0.25, 0.3) is 0 Å². The average Bonchev–Trinajstić information content (AvgIpc) is 2.26. The van der Waals surface area contributed by atoms with E-state index in [-0.39, 0.29) is 11.3 Å². The van der Waals surface area contributed by atoms with E-state index >= 15 is 0 Å². The van der Waals surface area contributed by atoms with Crippen LogP contribution in [-0.4, -0.2) is 18.3 Å². The molecule has 0 spiro atoms. The second-order valence-electron chi connectivity index (χ2n) is 5.07. The summed E-state index contributed by atoms with van der Waals surface area (Å²) in [6.07, 6.45) is -8.52. The molecule has 0 aliphatic heterocycles. The Bertz CT molecular complexity index is 464. The highest BCUT2D eigenvalue weighted by atomic mass is 19.3. The van der Waals surface area contributed by atoms with Gasteiger partial charge >= 0.3 is 12.5 Å². The van der Waals surface area contributed by atoms with E-state index in [1.165, 1.54) is 12.1 Å². The molecule has 106 valence electrons. The molecule has 6 heteroatoms. The van der Waals surface area contributed by atoms with E-state index < -0.39 is 23.7 Å². The van der Waals surface area contributed by atoms with Gasteiger partial charge in [-0.3, -0.25) is 4.79 Å². The first-order valence-corrected chi connectivity index (χ1v) is 5.54. The minimum absolute atomic E-state index is 0.134. The molecule has 1 rings (SSSR count). The van der Waals surface area contributed by atoms with E-state index in [0.717, 1.165) is 12.1 Å². The van der Waals surface area contributed by atoms with Crippen LogP contribution < -0.4 is 4.74 Å². The first kappa shape index (κ1) is 15.5. The number of halogens is 4. The maximum Gasteiger partial charge on any atom is 0.461 e. The number of ether oxygens (including phenoxy) is 1. The Morgan fingerprint density at radius 3 is 2.26 bits per heavy atom. The molecule has 2 nitrogen and oxygen atoms in total. The third-order valence-electron chi connectivity index (χ3n) is 2.29. The van der Waals surface area contributed by atoms with Crippen molar-refractivity contribution in [3.63, 3.8) is 0 Å². The van der Waals surface area contributed by atoms with E-state index in [0.29, 0.717) is 0 Å². The molecule has 1 aromatic rings. The topological polar surface area (TPSA) is 26.3 Å². The van der Waals surface area contributed by atoms with Crippen LogP contribution in [0.3, 0.4) is 0 Å². The number of hydrogen-bond donors (Lipinski definition) is 0. The number of alkyl halides is 4. The van der Waals surface area contributed by atoms with Crippen LogP contribution in [0.4, 0.5) is 17.6 Å². The van der Waals surface area contributed by atoms with Crippen LogP contribution in [0.1, 0.15) is 31.1 Å². The van der Waals surface area contributed by atoms with E-state index in [2.05, 4.69) is 4.74 Å². The van der Waals surface area contributed by atoms with Crippen molar-refractivity contribution in [1.82, 2.24) is 0 Å². The maximum atomic E-state index is 12.7. The van der Waals surface area contributed by atoms with Crippen LogP contribution in [0, 0.1) is 5.41 Å². The fourth-order valence-electron chi connectivity index (χ4n) is 1.34. The van der Waals surface area contributed by atoms with Crippen molar-refractivity contribution in [2.45, 2.75) is 33.3 Å². The van der Waals surface area contributed by atoms with Gasteiger partial charge in [0.2, 0.25) is 0 Å². The second kappa shape index (κ2) is 5.19. The summed E-state index contributed by atoms with van der Waals surface area (Å²) < 4.78 is 53.4. The predicted octanol–water partition coefficient (Wildman–Crippen LogP) is 4.15. The van der Waals surface area contributed by atoms with Crippen LogP contribution in [0.2, 0.25) is 0 Å². The van der Waals surface area contributed by atoms with E-state index in [1.54, 1.807) is 20.8 Å². The number of benzene rings is 1. The largest absolute Gasteiger partial charge is 0.461 e. The number of hydrogen-bond acceptors (Lipinski definition) is 2. The highest BCUT2D eigenvalue weighted by Crippen LogP contribution is 2.29. The van der Waals surface area contributed by atoms with Crippen molar-refractivity contribution in [2.24, 2.45) is 5.41 Å². The molecule has 0 bridgehead atoms. The maximum absolute atomic E-state index is 12.7. The predicted molar refractivity (Wildman–Crippen MR) is 61.8 cm³/mol. The van der Waals surface area contributed by atoms with Crippen LogP contribution in [0.25, 0.3) is 0 Å². The molecule has 1 aromatic carbocycles. The van der Waals surface area contributed by atoms with E-state index in [9.17, 15) is 22.4 Å². The van der Waals surface area contributed by atoms with Gasteiger partial charge in [-0.15, -0.1) is 0 Å². The number of Topliss-reactive ketones (excluding diaryl/α,β-unsaturated/α-hetero) is 1. The molecule has 19 heavy (non-hydrogen) atoms. The first-order valence-electron chi connectivity index (χ1n) is 5.54. The second-order valence-corrected chi connectivity index (χ2v) is 5.07. The quantitative estimate of drug-likeness (QED) is 0.611. The third kappa shape index (κ3) is 3.94. The lowest BCUT2D eigenvalue weighted by Crippen LogP contribution is -2.33. The highest BCUT2D eigenvalue weighted by Gasteiger charge is 2.44. The summed E-state index contributed by atoms with van der Waals surface area (Å²) in [6.45, 7) is 4.99. The summed E-state index contributed by atoms with van der Waals surface area (Å²) in [7, 11) is 0. The number of rotatable bonds is 4. The van der Waals surface area contributed by atoms with Gasteiger partial charge in [-0.05, 0) is 12.1 Å². The first-order chi connectivity index (χ1) is 8.54. The van der Waals surface area contributed by atoms with Gasteiger partial charge < -0.3 is 4.74 Å². The standard InChI is InChI=1S/C13H14F4O2/c1-12(2,3)10(18)8-5-4-6-9(7-8)19-13(16,17)11(14)15/h4-7,11H,1-3H3. The Morgan fingerprint density at radius 2 is 1.79 bits per heavy atom. The molecule has 0 unspecified atom stereocenters. The smallest absolute Gasteiger partial charge is 0.428 e. The molecule has 0 saturated carbocycles. The van der Waals surface area contributed by atoms with Crippen molar-refractivity contribution < 1.29 is 27.1 Å². The lowest BCUT2D eigenvalue weighted by Gasteiger charge is -2.19. The molecule has 0 heterocycles. The van der Waals surface area contributed by atoms with Crippen molar-refractivity contribution in [1.29, 1.82) is 0 Å². The van der Waals surface area contributed by atoms with Gasteiger partial charge in [0.15, 0.2) is 5.78 Å². The molecular formula is C13H14F4O2. The van der Waals surface area contributed by atoms with Gasteiger partial charge in [0.1, 0.15) is 5.75 Å². The zero-order valence-electron chi connectivity index (χ0n) is 10.7. The van der Waals surface area contributed by atoms with Gasteiger partial charge in [-0.2, -0.15) is 17.6 Å². The van der Waals surface area contributed by atoms with Gasteiger partial charge in [-0.25, -0.2) is 0 Å². The summed E-state index contributed by atoms with van der Waals surface area (Å²) in [5, 5.41) is 0. The van der Waals surface area contributed by atoms with Gasteiger partial charge in [0.05, 0.1) is 0 Å². The van der Waals surface area contributed by atoms with Gasteiger partial charge in [-0.1, -0.05) is 32.9 Å². The minimum atomic E-state index is -4.58. The lowest BCUT2D eigenvalue weighted by molar-refractivity contribution is -0.253. The third-order valence-corrected chi connectivity index (χ3v) is 2.29. The van der Waals surface area contributed by atoms with Crippen LogP contribution >= 0.6 is 0 Å². The van der Waals surface area contributed by atoms with Crippen molar-refractivity contribution in [2.75, 3.05) is 0 Å². The van der Waals surface area contributed by atoms with Crippen LogP contribution in [0.5, 0.6) is 5.75 Å². The zero-order chi connectivity index (χ0) is 14.8. The zero-order valence-corrected chi connectivity index (χ0v) is 10.7. The normalized spacial score (nSPS) is 12.6. The van der Waals surface area contributed by atoms with Crippen LogP contribution in [-0.2, 0) is 0 Å². The number of carbonyl (C=O) groups excluding carboxylic acids is 1. The molecule has 0 atom stereocenters. The van der Waals surface area contributed by atoms with Crippen molar-refractivity contribution in [3.8, 4) is 5.75 Å². The van der Waals surface area contributed by atoms with Gasteiger partial charge in [0, 0.05) is 11.0 Å². The number of carbonyl (C=O) groups is 1. The fourth-order valence-corrected chi connectivity index (χ4v) is 1.34. The molecule has 0 N–H and O–H groups in total. The summed E-state index contributed by atoms with van der Waals surface area (Å²) in [4.78, 5) is 11.9. The fraction of sp³-hybridized carbons (Fsp3) is 0.462. The van der Waals surface area contributed by atoms with Crippen molar-refractivity contribution in [3.05, 3.63) is 29.8 Å². The summed E-state index contributed by atoms with van der Waals surface area (Å²) in [5.41, 5.74) is -0.570. The van der Waals surface area contributed by atoms with Crippen molar-refractivity contribution >= 4 is 5.78 Å². The molecule has 0 aliphatic rings. The Kier molecular flexibility index (Phi) is 4.22. The SMILES string of the molecule is CC(C)(C)C(=O)c1cccc(OC(F)(F)C(F)F)c1. The minimum Gasteiger partial charge on any atom is -0.428 e. The molecule has 0 saturated heterocycles. The highest BCUT2D eigenvalue weighted by molar-refractivity contribution is 6.00. The van der Waals surface area contributed by atoms with E-state index in [1.807, 2.05) is 0 Å².